The molecule has 0 heterocycles. The number of ketones is 2. The molecule has 4 aromatic rings. The van der Waals surface area contributed by atoms with Crippen molar-refractivity contribution in [2.24, 2.45) is 0 Å². The van der Waals surface area contributed by atoms with Gasteiger partial charge in [-0.05, 0) is 49.2 Å². The Labute approximate surface area is 290 Å². The average Bonchev–Trinajstić information content (AvgIpc) is 3.13. The van der Waals surface area contributed by atoms with Crippen LogP contribution < -0.4 is 9.47 Å². The lowest BCUT2D eigenvalue weighted by molar-refractivity contribution is -0.187. The highest BCUT2D eigenvalue weighted by Crippen LogP contribution is 2.26. The Balaban J connectivity index is 1.49. The second-order valence-electron chi connectivity index (χ2n) is 11.3. The van der Waals surface area contributed by atoms with Gasteiger partial charge in [0.05, 0.1) is 22.3 Å². The quantitative estimate of drug-likeness (QED) is 0.0286. The molecule has 10 heteroatoms. The summed E-state index contributed by atoms with van der Waals surface area (Å²) in [5, 5.41) is 0. The molecule has 4 aromatic carbocycles. The monoisotopic (exact) mass is 678 g/mol. The maximum Gasteiger partial charge on any atom is 0.387 e. The van der Waals surface area contributed by atoms with Crippen LogP contribution in [0.15, 0.2) is 97.1 Å². The van der Waals surface area contributed by atoms with Crippen LogP contribution in [0.25, 0.3) is 0 Å². The van der Waals surface area contributed by atoms with E-state index in [4.69, 9.17) is 19.2 Å². The summed E-state index contributed by atoms with van der Waals surface area (Å²) in [6, 6.07) is 23.8. The van der Waals surface area contributed by atoms with Crippen LogP contribution in [-0.2, 0) is 19.4 Å². The van der Waals surface area contributed by atoms with E-state index < -0.39 is 35.4 Å². The molecule has 0 aliphatic heterocycles. The second kappa shape index (κ2) is 18.6. The van der Waals surface area contributed by atoms with Crippen LogP contribution in [-0.4, -0.2) is 35.4 Å². The van der Waals surface area contributed by atoms with E-state index in [2.05, 4.69) is 0 Å². The van der Waals surface area contributed by atoms with E-state index in [1.807, 2.05) is 13.8 Å². The Bertz CT molecular complexity index is 1720. The molecule has 0 aliphatic carbocycles. The minimum absolute atomic E-state index is 0.0442. The Morgan fingerprint density at radius 1 is 0.420 bits per heavy atom. The number of rotatable bonds is 16. The second-order valence-corrected chi connectivity index (χ2v) is 11.3. The van der Waals surface area contributed by atoms with Crippen LogP contribution in [0.3, 0.4) is 0 Å². The molecule has 0 fully saturated rings. The van der Waals surface area contributed by atoms with Crippen LogP contribution in [0.4, 0.5) is 0 Å². The number of esters is 2. The highest BCUT2D eigenvalue weighted by atomic mass is 17.2. The van der Waals surface area contributed by atoms with Crippen molar-refractivity contribution in [2.45, 2.75) is 65.2 Å². The van der Waals surface area contributed by atoms with Gasteiger partial charge in [0, 0.05) is 24.0 Å². The highest BCUT2D eigenvalue weighted by molar-refractivity contribution is 6.17. The fourth-order valence-corrected chi connectivity index (χ4v) is 5.05. The van der Waals surface area contributed by atoms with Gasteiger partial charge < -0.3 is 9.47 Å². The van der Waals surface area contributed by atoms with Gasteiger partial charge in [-0.15, -0.1) is 0 Å². The first-order valence-electron chi connectivity index (χ1n) is 16.5. The number of carbonyl (C=O) groups is 6. The molecular weight excluding hydrogens is 640 g/mol. The van der Waals surface area contributed by atoms with Crippen LogP contribution >= 0.6 is 0 Å². The maximum atomic E-state index is 13.6. The molecule has 0 spiro atoms. The predicted octanol–water partition coefficient (Wildman–Crippen LogP) is 8.05. The normalized spacial score (nSPS) is 10.5. The van der Waals surface area contributed by atoms with E-state index in [0.29, 0.717) is 12.8 Å². The van der Waals surface area contributed by atoms with Crippen molar-refractivity contribution in [2.75, 3.05) is 0 Å². The lowest BCUT2D eigenvalue weighted by Gasteiger charge is -2.12. The molecule has 0 radical (unpaired) electrons. The topological polar surface area (TPSA) is 139 Å². The summed E-state index contributed by atoms with van der Waals surface area (Å²) < 4.78 is 10.9. The summed E-state index contributed by atoms with van der Waals surface area (Å²) in [4.78, 5) is 88.2. The number of hydrogen-bond acceptors (Lipinski definition) is 10. The molecule has 0 unspecified atom stereocenters. The first kappa shape index (κ1) is 36.9. The minimum Gasteiger partial charge on any atom is -0.426 e. The average molecular weight is 679 g/mol. The number of benzene rings is 4. The van der Waals surface area contributed by atoms with Gasteiger partial charge in [0.25, 0.3) is 0 Å². The lowest BCUT2D eigenvalue weighted by atomic mass is 9.97. The minimum atomic E-state index is -1.15. The standard InChI is InChI=1S/C40H38O10/c1-3-5-7-25-35(41)47-33-23-15-13-21-31(33)37(43)27-17-9-11-19-29(27)39(45)49-50-40(46)30-20-12-10-18-28(30)38(44)32-22-14-16-24-34(32)48-36(42)26-8-6-4-2/h9-24H,3-8,25-26H2,1-2H3. The number of unbranched alkanes of at least 4 members (excludes halogenated alkanes) is 4. The van der Waals surface area contributed by atoms with Gasteiger partial charge in [-0.2, -0.15) is 0 Å². The molecule has 0 amide bonds. The van der Waals surface area contributed by atoms with Crippen molar-refractivity contribution in [3.63, 3.8) is 0 Å². The van der Waals surface area contributed by atoms with Gasteiger partial charge in [-0.25, -0.2) is 19.4 Å². The van der Waals surface area contributed by atoms with Gasteiger partial charge >= 0.3 is 23.9 Å². The maximum absolute atomic E-state index is 13.6. The lowest BCUT2D eigenvalue weighted by Crippen LogP contribution is -2.18. The third-order valence-corrected chi connectivity index (χ3v) is 7.66. The number of ether oxygens (including phenoxy) is 2. The van der Waals surface area contributed by atoms with Crippen LogP contribution in [0.5, 0.6) is 11.5 Å². The van der Waals surface area contributed by atoms with Crippen molar-refractivity contribution in [3.8, 4) is 11.5 Å². The predicted molar refractivity (Wildman–Crippen MR) is 183 cm³/mol. The summed E-state index contributed by atoms with van der Waals surface area (Å²) in [6.45, 7) is 4.03. The molecular formula is C40H38O10. The first-order chi connectivity index (χ1) is 24.2. The molecule has 258 valence electrons. The van der Waals surface area contributed by atoms with E-state index in [-0.39, 0.29) is 57.7 Å². The van der Waals surface area contributed by atoms with Crippen LogP contribution in [0.2, 0.25) is 0 Å². The molecule has 0 aliphatic rings. The summed E-state index contributed by atoms with van der Waals surface area (Å²) in [6.07, 6.45) is 5.28. The molecule has 4 rings (SSSR count). The molecule has 0 atom stereocenters. The zero-order chi connectivity index (χ0) is 35.9. The van der Waals surface area contributed by atoms with E-state index in [0.717, 1.165) is 25.7 Å². The molecule has 0 saturated carbocycles. The van der Waals surface area contributed by atoms with Crippen LogP contribution in [0.1, 0.15) is 118 Å². The largest absolute Gasteiger partial charge is 0.426 e. The van der Waals surface area contributed by atoms with Crippen LogP contribution in [0, 0.1) is 0 Å². The van der Waals surface area contributed by atoms with Crippen molar-refractivity contribution in [3.05, 3.63) is 130 Å². The summed E-state index contributed by atoms with van der Waals surface area (Å²) in [5.74, 6) is -4.43. The highest BCUT2D eigenvalue weighted by Gasteiger charge is 2.27. The van der Waals surface area contributed by atoms with Gasteiger partial charge in [0.2, 0.25) is 0 Å². The Morgan fingerprint density at radius 3 is 1.10 bits per heavy atom. The van der Waals surface area contributed by atoms with Gasteiger partial charge in [0.1, 0.15) is 11.5 Å². The summed E-state index contributed by atoms with van der Waals surface area (Å²) in [7, 11) is 0. The van der Waals surface area contributed by atoms with Gasteiger partial charge in [-0.1, -0.05) is 100 Å². The number of carbonyl (C=O) groups excluding carboxylic acids is 6. The zero-order valence-electron chi connectivity index (χ0n) is 28.0. The molecule has 0 N–H and O–H groups in total. The Hall–Kier alpha value is -5.90. The third kappa shape index (κ3) is 9.82. The number of para-hydroxylation sites is 2. The van der Waals surface area contributed by atoms with E-state index in [1.165, 1.54) is 72.8 Å². The van der Waals surface area contributed by atoms with Crippen molar-refractivity contribution >= 4 is 35.4 Å². The first-order valence-corrected chi connectivity index (χ1v) is 16.5. The van der Waals surface area contributed by atoms with Crippen molar-refractivity contribution in [1.82, 2.24) is 0 Å². The molecule has 50 heavy (non-hydrogen) atoms. The van der Waals surface area contributed by atoms with E-state index >= 15 is 0 Å². The van der Waals surface area contributed by atoms with E-state index in [1.54, 1.807) is 24.3 Å². The van der Waals surface area contributed by atoms with Crippen molar-refractivity contribution < 1.29 is 48.0 Å². The number of hydrogen-bond donors (Lipinski definition) is 0. The third-order valence-electron chi connectivity index (χ3n) is 7.66. The smallest absolute Gasteiger partial charge is 0.387 e. The fraction of sp³-hybridized carbons (Fsp3) is 0.250. The summed E-state index contributed by atoms with van der Waals surface area (Å²) in [5.41, 5.74) is -0.498. The fourth-order valence-electron chi connectivity index (χ4n) is 5.05. The van der Waals surface area contributed by atoms with E-state index in [9.17, 15) is 28.8 Å². The molecule has 0 saturated heterocycles. The van der Waals surface area contributed by atoms with Gasteiger partial charge in [0.15, 0.2) is 11.6 Å². The summed E-state index contributed by atoms with van der Waals surface area (Å²) >= 11 is 0. The zero-order valence-corrected chi connectivity index (χ0v) is 28.0. The molecule has 10 nitrogen and oxygen atoms in total. The molecule has 0 bridgehead atoms. The Kier molecular flexibility index (Phi) is 13.7. The van der Waals surface area contributed by atoms with Gasteiger partial charge in [-0.3, -0.25) is 19.2 Å². The Morgan fingerprint density at radius 2 is 0.740 bits per heavy atom. The van der Waals surface area contributed by atoms with Crippen molar-refractivity contribution in [1.29, 1.82) is 0 Å². The SMILES string of the molecule is CCCCCC(=O)Oc1ccccc1C(=O)c1ccccc1C(=O)OOC(=O)c1ccccc1C(=O)c1ccccc1OC(=O)CCCCC. The molecule has 0 aromatic heterocycles.